The summed E-state index contributed by atoms with van der Waals surface area (Å²) in [6, 6.07) is 58.6. The monoisotopic (exact) mass is 1420 g/mol. The Balaban J connectivity index is 0.632. The zero-order valence-corrected chi connectivity index (χ0v) is 58.2. The smallest absolute Gasteiger partial charge is 0.347 e. The van der Waals surface area contributed by atoms with Crippen molar-refractivity contribution in [2.75, 3.05) is 9.80 Å². The van der Waals surface area contributed by atoms with Crippen molar-refractivity contribution in [2.45, 2.75) is 80.0 Å². The number of aromatic nitrogens is 4. The second-order valence-corrected chi connectivity index (χ2v) is 33.8. The minimum absolute atomic E-state index is 0.00835. The number of nitriles is 2. The maximum Gasteiger partial charge on any atom is 0.347 e. The number of carboxylic acids is 2. The van der Waals surface area contributed by atoms with E-state index < -0.39 is 23.1 Å². The molecule has 7 unspecified atom stereocenters. The van der Waals surface area contributed by atoms with Crippen molar-refractivity contribution in [2.24, 2.45) is 5.92 Å². The Morgan fingerprint density at radius 3 is 1.61 bits per heavy atom. The van der Waals surface area contributed by atoms with Crippen molar-refractivity contribution in [3.05, 3.63) is 215 Å². The Morgan fingerprint density at radius 2 is 1.07 bits per heavy atom. The van der Waals surface area contributed by atoms with Gasteiger partial charge in [0.2, 0.25) is 0 Å². The lowest BCUT2D eigenvalue weighted by atomic mass is 9.78. The summed E-state index contributed by atoms with van der Waals surface area (Å²) < 4.78 is 24.8. The van der Waals surface area contributed by atoms with Gasteiger partial charge in [0.05, 0.1) is 40.7 Å². The van der Waals surface area contributed by atoms with Crippen LogP contribution in [0.1, 0.15) is 98.8 Å². The summed E-state index contributed by atoms with van der Waals surface area (Å²) in [7, 11) is 0. The standard InChI is InChI=1S/C78H50N8O4S8/c79-35-55-53-27-39(61-31-65-67(91-61)33-63(93-65)49-23-21-43(69-71(49)83-97-81-69)37-17-19-47-45-13-7-15-57(45)85(59(47)29-37)41-9-3-1-4-10-41)25-51(73(53)95-75(55)77(87)88)52-26-40(28-54-56(36-80)76(78(89)90)96-74(52)54)62-32-66-68(92-62)34-64(94-66)50-24-22-44(70-72(50)84-98-82-70)38-18-20-48-46-14-8-16-58(46)86(60(48)30-38)42-11-5-2-6-12-42/h1-6,9-12,17-25,27-34,40,45-46,53,57-58,73H,7-8,13-16,26H2,(H,87,88)(H,89,90). The highest BCUT2D eigenvalue weighted by Gasteiger charge is 2.46. The Bertz CT molecular complexity index is 5930. The summed E-state index contributed by atoms with van der Waals surface area (Å²) in [6.07, 6.45) is 14.0. The number of aliphatic carboxylic acids is 1. The number of anilines is 4. The van der Waals surface area contributed by atoms with Crippen molar-refractivity contribution in [1.29, 1.82) is 10.5 Å². The van der Waals surface area contributed by atoms with E-state index in [0.29, 0.717) is 40.1 Å². The molecule has 2 N–H and O–H groups in total. The molecular weight excluding hydrogens is 1370 g/mol. The molecule has 7 atom stereocenters. The summed E-state index contributed by atoms with van der Waals surface area (Å²) in [5.74, 6) is -2.12. The lowest BCUT2D eigenvalue weighted by Crippen LogP contribution is -2.32. The maximum absolute atomic E-state index is 13.1. The second-order valence-electron chi connectivity index (χ2n) is 26.2. The fraction of sp³-hybridized carbons (Fsp3) is 0.179. The zero-order chi connectivity index (χ0) is 65.3. The number of carbonyl (C=O) groups is 2. The quantitative estimate of drug-likeness (QED) is 0.125. The fourth-order valence-electron chi connectivity index (χ4n) is 17.0. The van der Waals surface area contributed by atoms with Gasteiger partial charge in [0.15, 0.2) is 0 Å². The van der Waals surface area contributed by atoms with Crippen molar-refractivity contribution in [3.8, 4) is 55.3 Å². The van der Waals surface area contributed by atoms with E-state index in [9.17, 15) is 30.3 Å². The van der Waals surface area contributed by atoms with Crippen molar-refractivity contribution < 1.29 is 19.8 Å². The highest BCUT2D eigenvalue weighted by atomic mass is 32.2. The van der Waals surface area contributed by atoms with Gasteiger partial charge in [-0.2, -0.15) is 28.0 Å². The van der Waals surface area contributed by atoms with E-state index in [1.165, 1.54) is 108 Å². The lowest BCUT2D eigenvalue weighted by molar-refractivity contribution is -0.131. The number of hydrogen-bond donors (Lipinski definition) is 2. The highest BCUT2D eigenvalue weighted by Crippen LogP contribution is 2.58. The Labute approximate surface area is 593 Å². The number of benzene rings is 6. The molecule has 13 aromatic rings. The molecule has 0 saturated heterocycles. The average molecular weight is 1420 g/mol. The van der Waals surface area contributed by atoms with Crippen LogP contribution in [-0.4, -0.2) is 57.0 Å². The number of carboxylic acid groups (broad SMARTS) is 2. The third-order valence-electron chi connectivity index (χ3n) is 21.2. The van der Waals surface area contributed by atoms with Gasteiger partial charge >= 0.3 is 11.9 Å². The number of hydrogen-bond acceptors (Lipinski definition) is 18. The Morgan fingerprint density at radius 1 is 0.541 bits per heavy atom. The zero-order valence-electron chi connectivity index (χ0n) is 51.6. The molecule has 4 aliphatic carbocycles. The Kier molecular flexibility index (Phi) is 13.6. The third kappa shape index (κ3) is 8.98. The topological polar surface area (TPSA) is 180 Å². The first kappa shape index (κ1) is 58.9. The van der Waals surface area contributed by atoms with Crippen LogP contribution in [0.2, 0.25) is 0 Å². The van der Waals surface area contributed by atoms with Crippen LogP contribution in [0, 0.1) is 28.6 Å². The highest BCUT2D eigenvalue weighted by molar-refractivity contribution is 8.05. The van der Waals surface area contributed by atoms with E-state index in [-0.39, 0.29) is 26.8 Å². The molecule has 6 aromatic carbocycles. The number of thioether (sulfide) groups is 1. The van der Waals surface area contributed by atoms with E-state index in [0.717, 1.165) is 122 Å². The van der Waals surface area contributed by atoms with Gasteiger partial charge in [0, 0.05) is 134 Å². The SMILES string of the molecule is N#CC1=C(C(=O)O)SC2C(C3=c4sc(C(=O)O)c(C#N)c4=CC(c4cc5sc(-c6ccc(-c7ccc8c(c7)N(c7ccccc7)C7CCCC87)c7nsnc67)cc5s4)C3)=CC(c3cc4sc(-c5ccc(-c6ccc7c(c6)N(c6ccccc6)C6CCCC76)c6nsnc56)cc4s3)=CC12. The average Bonchev–Trinajstić information content (AvgIpc) is 1.56. The molecule has 0 radical (unpaired) electrons. The first-order chi connectivity index (χ1) is 48.1. The molecule has 20 rings (SSSR count). The van der Waals surface area contributed by atoms with Gasteiger partial charge in [-0.05, 0) is 138 Å². The van der Waals surface area contributed by atoms with Gasteiger partial charge in [0.1, 0.15) is 37.9 Å². The predicted octanol–water partition coefficient (Wildman–Crippen LogP) is 19.9. The fourth-order valence-corrected chi connectivity index (χ4v) is 25.6. The molecule has 0 amide bonds. The molecule has 98 heavy (non-hydrogen) atoms. The van der Waals surface area contributed by atoms with Gasteiger partial charge in [0.25, 0.3) is 0 Å². The maximum atomic E-state index is 13.1. The van der Waals surface area contributed by atoms with Crippen LogP contribution in [0.4, 0.5) is 22.7 Å². The molecule has 0 bridgehead atoms. The van der Waals surface area contributed by atoms with E-state index >= 15 is 0 Å². The molecule has 20 heteroatoms. The van der Waals surface area contributed by atoms with Gasteiger partial charge in [-0.1, -0.05) is 110 Å². The number of para-hydroxylation sites is 2. The summed E-state index contributed by atoms with van der Waals surface area (Å²) in [5, 5.41) is 43.1. The molecule has 7 aliphatic rings. The molecule has 10 heterocycles. The molecule has 474 valence electrons. The van der Waals surface area contributed by atoms with Crippen LogP contribution >= 0.6 is 91.9 Å². The molecule has 2 fully saturated rings. The predicted molar refractivity (Wildman–Crippen MR) is 403 cm³/mol. The van der Waals surface area contributed by atoms with Crippen LogP contribution in [0.3, 0.4) is 0 Å². The second kappa shape index (κ2) is 22.7. The molecule has 12 nitrogen and oxygen atoms in total. The van der Waals surface area contributed by atoms with Crippen LogP contribution in [0.15, 0.2) is 174 Å². The number of nitrogens with zero attached hydrogens (tertiary/aromatic N) is 8. The molecule has 0 spiro atoms. The molecular formula is C78H50N8O4S8. The third-order valence-corrected chi connectivity index (χ3v) is 29.8. The van der Waals surface area contributed by atoms with Gasteiger partial charge < -0.3 is 20.0 Å². The van der Waals surface area contributed by atoms with E-state index in [2.05, 4.69) is 186 Å². The first-order valence-electron chi connectivity index (χ1n) is 32.7. The minimum atomic E-state index is -1.18. The molecule has 3 aliphatic heterocycles. The van der Waals surface area contributed by atoms with Crippen molar-refractivity contribution in [3.63, 3.8) is 0 Å². The van der Waals surface area contributed by atoms with Crippen molar-refractivity contribution in [1.82, 2.24) is 17.5 Å². The number of aromatic carboxylic acids is 1. The number of fused-ring (bicyclic) bond motifs is 12. The molecule has 7 aromatic heterocycles. The summed E-state index contributed by atoms with van der Waals surface area (Å²) >= 11 is 11.5. The number of rotatable bonds is 11. The van der Waals surface area contributed by atoms with Gasteiger partial charge in [-0.3, -0.25) is 0 Å². The van der Waals surface area contributed by atoms with Crippen LogP contribution in [-0.2, 0) is 4.79 Å². The van der Waals surface area contributed by atoms with E-state index in [1.807, 2.05) is 0 Å². The van der Waals surface area contributed by atoms with Crippen molar-refractivity contribution >= 4 is 185 Å². The van der Waals surface area contributed by atoms with E-state index in [4.69, 9.17) is 17.5 Å². The summed E-state index contributed by atoms with van der Waals surface area (Å²) in [6.45, 7) is 0. The number of allylic oxidation sites excluding steroid dienone is 4. The van der Waals surface area contributed by atoms with Crippen LogP contribution in [0.5, 0.6) is 0 Å². The van der Waals surface area contributed by atoms with E-state index in [1.54, 1.807) is 45.3 Å². The molecule has 2 saturated carbocycles. The van der Waals surface area contributed by atoms with Gasteiger partial charge in [-0.25, -0.2) is 9.59 Å². The number of thiophene rings is 5. The van der Waals surface area contributed by atoms with Crippen LogP contribution in [0.25, 0.3) is 101 Å². The largest absolute Gasteiger partial charge is 0.477 e. The Hall–Kier alpha value is -9.19. The lowest BCUT2D eigenvalue weighted by Gasteiger charge is -2.29. The minimum Gasteiger partial charge on any atom is -0.477 e. The van der Waals surface area contributed by atoms with Gasteiger partial charge in [-0.15, -0.1) is 68.4 Å². The summed E-state index contributed by atoms with van der Waals surface area (Å²) in [5.41, 5.74) is 20.6. The normalized spacial score (nSPS) is 21.3. The van der Waals surface area contributed by atoms with Crippen LogP contribution < -0.4 is 19.6 Å². The summed E-state index contributed by atoms with van der Waals surface area (Å²) in [4.78, 5) is 35.4. The first-order valence-corrected chi connectivity index (χ1v) is 39.1.